The molecule has 0 spiro atoms. The van der Waals surface area contributed by atoms with E-state index in [-0.39, 0.29) is 11.9 Å². The molecule has 1 atom stereocenters. The Morgan fingerprint density at radius 2 is 1.78 bits per heavy atom. The summed E-state index contributed by atoms with van der Waals surface area (Å²) < 4.78 is 17.1. The summed E-state index contributed by atoms with van der Waals surface area (Å²) in [6, 6.07) is 21.1. The van der Waals surface area contributed by atoms with Gasteiger partial charge in [-0.25, -0.2) is 4.98 Å². The van der Waals surface area contributed by atoms with E-state index in [1.54, 1.807) is 12.1 Å². The van der Waals surface area contributed by atoms with Gasteiger partial charge < -0.3 is 19.2 Å². The number of benzene rings is 3. The number of aromatic nitrogens is 1. The maximum atomic E-state index is 12.8. The summed E-state index contributed by atoms with van der Waals surface area (Å²) in [7, 11) is 0. The summed E-state index contributed by atoms with van der Waals surface area (Å²) >= 11 is 0. The maximum absolute atomic E-state index is 12.8. The molecule has 6 nitrogen and oxygen atoms in total. The van der Waals surface area contributed by atoms with Gasteiger partial charge in [-0.05, 0) is 54.8 Å². The van der Waals surface area contributed by atoms with Crippen molar-refractivity contribution in [2.24, 2.45) is 0 Å². The Hall–Kier alpha value is -3.80. The van der Waals surface area contributed by atoms with Gasteiger partial charge in [-0.15, -0.1) is 0 Å². The van der Waals surface area contributed by atoms with Crippen LogP contribution in [0.2, 0.25) is 0 Å². The first-order valence-corrected chi connectivity index (χ1v) is 10.8. The number of carbonyl (C=O) groups excluding carboxylic acids is 1. The van der Waals surface area contributed by atoms with Crippen LogP contribution in [0.1, 0.15) is 40.3 Å². The molecule has 4 aromatic rings. The van der Waals surface area contributed by atoms with Gasteiger partial charge in [0.15, 0.2) is 23.0 Å². The van der Waals surface area contributed by atoms with Crippen LogP contribution in [0, 0.1) is 0 Å². The van der Waals surface area contributed by atoms with E-state index in [9.17, 15) is 4.79 Å². The van der Waals surface area contributed by atoms with Crippen molar-refractivity contribution in [2.75, 3.05) is 13.2 Å². The molecular formula is C26H24N2O4. The highest BCUT2D eigenvalue weighted by molar-refractivity contribution is 5.97. The molecule has 0 radical (unpaired) electrons. The zero-order chi connectivity index (χ0) is 21.9. The molecule has 0 saturated heterocycles. The van der Waals surface area contributed by atoms with E-state index in [0.717, 1.165) is 23.3 Å². The standard InChI is InChI=1S/C26H24N2O4/c1-17(19-9-11-22-24(15-19)31-14-13-30-22)27-26(29)20-8-10-21-23(16-20)32-25(28-21)12-7-18-5-3-2-4-6-18/h2-6,8-11,15-17H,7,12-14H2,1H3,(H,27,29)/t17-/m1/s1. The average Bonchev–Trinajstić information content (AvgIpc) is 3.25. The van der Waals surface area contributed by atoms with Crippen molar-refractivity contribution in [3.63, 3.8) is 0 Å². The first-order chi connectivity index (χ1) is 15.7. The fourth-order valence-corrected chi connectivity index (χ4v) is 3.81. The van der Waals surface area contributed by atoms with Crippen LogP contribution in [0.4, 0.5) is 0 Å². The Morgan fingerprint density at radius 3 is 2.62 bits per heavy atom. The summed E-state index contributed by atoms with van der Waals surface area (Å²) in [6.07, 6.45) is 1.56. The molecule has 5 rings (SSSR count). The molecular weight excluding hydrogens is 404 g/mol. The van der Waals surface area contributed by atoms with Crippen molar-refractivity contribution in [1.82, 2.24) is 10.3 Å². The van der Waals surface area contributed by atoms with Gasteiger partial charge in [-0.3, -0.25) is 4.79 Å². The van der Waals surface area contributed by atoms with Crippen LogP contribution in [0.3, 0.4) is 0 Å². The minimum Gasteiger partial charge on any atom is -0.486 e. The van der Waals surface area contributed by atoms with Crippen LogP contribution in [0.25, 0.3) is 11.1 Å². The van der Waals surface area contributed by atoms with E-state index >= 15 is 0 Å². The normalized spacial score (nSPS) is 13.7. The summed E-state index contributed by atoms with van der Waals surface area (Å²) in [4.78, 5) is 17.4. The summed E-state index contributed by atoms with van der Waals surface area (Å²) in [5, 5.41) is 3.04. The third kappa shape index (κ3) is 4.30. The van der Waals surface area contributed by atoms with Crippen molar-refractivity contribution in [3.05, 3.63) is 89.3 Å². The quantitative estimate of drug-likeness (QED) is 0.474. The number of nitrogens with one attached hydrogen (secondary N) is 1. The van der Waals surface area contributed by atoms with Crippen LogP contribution in [-0.2, 0) is 12.8 Å². The van der Waals surface area contributed by atoms with Crippen LogP contribution in [0.5, 0.6) is 11.5 Å². The fraction of sp³-hybridized carbons (Fsp3) is 0.231. The number of hydrogen-bond acceptors (Lipinski definition) is 5. The highest BCUT2D eigenvalue weighted by Crippen LogP contribution is 2.32. The second kappa shape index (κ2) is 8.75. The topological polar surface area (TPSA) is 73.6 Å². The first-order valence-electron chi connectivity index (χ1n) is 10.8. The van der Waals surface area contributed by atoms with Gasteiger partial charge in [0.25, 0.3) is 5.91 Å². The zero-order valence-corrected chi connectivity index (χ0v) is 17.8. The second-order valence-corrected chi connectivity index (χ2v) is 7.87. The molecule has 3 aromatic carbocycles. The van der Waals surface area contributed by atoms with Crippen molar-refractivity contribution in [1.29, 1.82) is 0 Å². The highest BCUT2D eigenvalue weighted by atomic mass is 16.6. The molecule has 0 bridgehead atoms. The zero-order valence-electron chi connectivity index (χ0n) is 17.8. The third-order valence-electron chi connectivity index (χ3n) is 5.58. The highest BCUT2D eigenvalue weighted by Gasteiger charge is 2.17. The van der Waals surface area contributed by atoms with Gasteiger partial charge in [-0.1, -0.05) is 36.4 Å². The number of oxazole rings is 1. The lowest BCUT2D eigenvalue weighted by Gasteiger charge is -2.21. The van der Waals surface area contributed by atoms with Crippen LogP contribution in [-0.4, -0.2) is 24.1 Å². The van der Waals surface area contributed by atoms with Crippen molar-refractivity contribution in [3.8, 4) is 11.5 Å². The molecule has 162 valence electrons. The average molecular weight is 428 g/mol. The van der Waals surface area contributed by atoms with E-state index in [2.05, 4.69) is 22.4 Å². The van der Waals surface area contributed by atoms with Gasteiger partial charge in [-0.2, -0.15) is 0 Å². The second-order valence-electron chi connectivity index (χ2n) is 7.87. The van der Waals surface area contributed by atoms with Crippen molar-refractivity contribution >= 4 is 17.0 Å². The number of fused-ring (bicyclic) bond motifs is 2. The summed E-state index contributed by atoms with van der Waals surface area (Å²) in [6.45, 7) is 3.02. The molecule has 1 N–H and O–H groups in total. The molecule has 1 aliphatic rings. The van der Waals surface area contributed by atoms with Gasteiger partial charge >= 0.3 is 0 Å². The molecule has 1 aliphatic heterocycles. The molecule has 0 unspecified atom stereocenters. The number of rotatable bonds is 6. The van der Waals surface area contributed by atoms with Gasteiger partial charge in [0.1, 0.15) is 18.7 Å². The monoisotopic (exact) mass is 428 g/mol. The SMILES string of the molecule is C[C@@H](NC(=O)c1ccc2nc(CCc3ccccc3)oc2c1)c1ccc2c(c1)OCCO2. The van der Waals surface area contributed by atoms with E-state index in [1.165, 1.54) is 5.56 Å². The lowest BCUT2D eigenvalue weighted by Crippen LogP contribution is -2.26. The van der Waals surface area contributed by atoms with Crippen LogP contribution >= 0.6 is 0 Å². The van der Waals surface area contributed by atoms with E-state index in [0.29, 0.717) is 42.4 Å². The number of hydrogen-bond donors (Lipinski definition) is 1. The number of amides is 1. The predicted molar refractivity (Wildman–Crippen MR) is 121 cm³/mol. The Kier molecular flexibility index (Phi) is 5.50. The lowest BCUT2D eigenvalue weighted by atomic mass is 10.1. The van der Waals surface area contributed by atoms with Gasteiger partial charge in [0.05, 0.1) is 6.04 Å². The smallest absolute Gasteiger partial charge is 0.251 e. The fourth-order valence-electron chi connectivity index (χ4n) is 3.81. The first kappa shape index (κ1) is 20.1. The molecule has 1 amide bonds. The molecule has 0 aliphatic carbocycles. The van der Waals surface area contributed by atoms with Gasteiger partial charge in [0, 0.05) is 12.0 Å². The maximum Gasteiger partial charge on any atom is 0.251 e. The number of ether oxygens (including phenoxy) is 2. The number of aryl methyl sites for hydroxylation is 2. The van der Waals surface area contributed by atoms with Gasteiger partial charge in [0.2, 0.25) is 0 Å². The third-order valence-corrected chi connectivity index (χ3v) is 5.58. The number of nitrogens with zero attached hydrogens (tertiary/aromatic N) is 1. The molecule has 2 heterocycles. The number of carbonyl (C=O) groups is 1. The van der Waals surface area contributed by atoms with Crippen LogP contribution in [0.15, 0.2) is 71.1 Å². The Bertz CT molecular complexity index is 1250. The molecule has 32 heavy (non-hydrogen) atoms. The largest absolute Gasteiger partial charge is 0.486 e. The Labute approximate surface area is 186 Å². The van der Waals surface area contributed by atoms with Crippen molar-refractivity contribution < 1.29 is 18.7 Å². The Morgan fingerprint density at radius 1 is 0.969 bits per heavy atom. The summed E-state index contributed by atoms with van der Waals surface area (Å²) in [5.74, 6) is 1.95. The van der Waals surface area contributed by atoms with Crippen LogP contribution < -0.4 is 14.8 Å². The van der Waals surface area contributed by atoms with E-state index < -0.39 is 0 Å². The Balaban J connectivity index is 1.27. The van der Waals surface area contributed by atoms with E-state index in [4.69, 9.17) is 13.9 Å². The summed E-state index contributed by atoms with van der Waals surface area (Å²) in [5.41, 5.74) is 4.10. The molecule has 0 saturated carbocycles. The predicted octanol–water partition coefficient (Wildman–Crippen LogP) is 4.88. The molecule has 0 fully saturated rings. The molecule has 1 aromatic heterocycles. The van der Waals surface area contributed by atoms with E-state index in [1.807, 2.05) is 49.4 Å². The lowest BCUT2D eigenvalue weighted by molar-refractivity contribution is 0.0939. The minimum absolute atomic E-state index is 0.170. The van der Waals surface area contributed by atoms with Crippen molar-refractivity contribution in [2.45, 2.75) is 25.8 Å². The minimum atomic E-state index is -0.190. The molecule has 6 heteroatoms.